The Hall–Kier alpha value is -1.54. The quantitative estimate of drug-likeness (QED) is 0.862. The minimum atomic E-state index is -0.829. The molecule has 1 N–H and O–H groups in total. The van der Waals surface area contributed by atoms with Crippen molar-refractivity contribution >= 4 is 23.4 Å². The number of amides is 1. The van der Waals surface area contributed by atoms with E-state index in [9.17, 15) is 9.59 Å². The minimum absolute atomic E-state index is 0.0421. The molecule has 0 aliphatic carbocycles. The number of hydrogen-bond donors (Lipinski definition) is 1. The molecule has 2 heterocycles. The second-order valence-corrected chi connectivity index (χ2v) is 5.50. The molecule has 0 spiro atoms. The normalized spacial score (nSPS) is 18.0. The molecule has 1 aliphatic heterocycles. The summed E-state index contributed by atoms with van der Waals surface area (Å²) in [5, 5.41) is 12.9. The number of aromatic nitrogens is 2. The summed E-state index contributed by atoms with van der Waals surface area (Å²) in [4.78, 5) is 27.5. The highest BCUT2D eigenvalue weighted by Gasteiger charge is 2.29. The number of aryl methyl sites for hydroxylation is 1. The first-order chi connectivity index (χ1) is 9.54. The van der Waals surface area contributed by atoms with Gasteiger partial charge in [0.15, 0.2) is 0 Å². The van der Waals surface area contributed by atoms with Crippen LogP contribution in [0.3, 0.4) is 0 Å². The van der Waals surface area contributed by atoms with Gasteiger partial charge in [0, 0.05) is 26.2 Å². The molecule has 1 amide bonds. The summed E-state index contributed by atoms with van der Waals surface area (Å²) < 4.78 is 3.83. The van der Waals surface area contributed by atoms with Crippen LogP contribution in [0.15, 0.2) is 0 Å². The second-order valence-electron chi connectivity index (χ2n) is 4.74. The van der Waals surface area contributed by atoms with Crippen LogP contribution in [0.1, 0.15) is 29.2 Å². The number of carboxylic acid groups (broad SMARTS) is 1. The van der Waals surface area contributed by atoms with E-state index in [0.717, 1.165) is 17.2 Å². The molecule has 2 rings (SSSR count). The van der Waals surface area contributed by atoms with Gasteiger partial charge in [-0.25, -0.2) is 0 Å². The lowest BCUT2D eigenvalue weighted by Gasteiger charge is -2.36. The predicted octanol–water partition coefficient (Wildman–Crippen LogP) is 0.331. The van der Waals surface area contributed by atoms with E-state index in [2.05, 4.69) is 9.59 Å². The SMILES string of the molecule is CCc1nnsc1C(=O)N1CCN(C(C)C(=O)O)CC1. The van der Waals surface area contributed by atoms with Gasteiger partial charge in [-0.3, -0.25) is 14.5 Å². The third-order valence-electron chi connectivity index (χ3n) is 3.59. The molecule has 8 heteroatoms. The average molecular weight is 298 g/mol. The zero-order valence-electron chi connectivity index (χ0n) is 11.6. The summed E-state index contributed by atoms with van der Waals surface area (Å²) in [5.74, 6) is -0.871. The van der Waals surface area contributed by atoms with Gasteiger partial charge in [0.25, 0.3) is 5.91 Å². The molecule has 110 valence electrons. The Kier molecular flexibility index (Phi) is 4.66. The van der Waals surface area contributed by atoms with E-state index in [1.165, 1.54) is 0 Å². The smallest absolute Gasteiger partial charge is 0.320 e. The third-order valence-corrected chi connectivity index (χ3v) is 4.35. The Morgan fingerprint density at radius 3 is 2.55 bits per heavy atom. The van der Waals surface area contributed by atoms with Gasteiger partial charge in [-0.15, -0.1) is 5.10 Å². The maximum atomic E-state index is 12.4. The number of hydrogen-bond acceptors (Lipinski definition) is 6. The Labute approximate surface area is 121 Å². The highest BCUT2D eigenvalue weighted by molar-refractivity contribution is 7.08. The van der Waals surface area contributed by atoms with Crippen molar-refractivity contribution in [3.05, 3.63) is 10.6 Å². The summed E-state index contributed by atoms with van der Waals surface area (Å²) in [6.07, 6.45) is 0.688. The highest BCUT2D eigenvalue weighted by atomic mass is 32.1. The first-order valence-corrected chi connectivity index (χ1v) is 7.39. The molecule has 1 saturated heterocycles. The minimum Gasteiger partial charge on any atom is -0.480 e. The van der Waals surface area contributed by atoms with E-state index in [1.807, 2.05) is 11.8 Å². The zero-order chi connectivity index (χ0) is 14.7. The lowest BCUT2D eigenvalue weighted by molar-refractivity contribution is -0.143. The molecular weight excluding hydrogens is 280 g/mol. The molecular formula is C12H18N4O3S. The van der Waals surface area contributed by atoms with Gasteiger partial charge < -0.3 is 10.0 Å². The van der Waals surface area contributed by atoms with Crippen molar-refractivity contribution in [1.29, 1.82) is 0 Å². The van der Waals surface area contributed by atoms with Crippen LogP contribution in [0.4, 0.5) is 0 Å². The van der Waals surface area contributed by atoms with Gasteiger partial charge in [-0.1, -0.05) is 11.4 Å². The summed E-state index contributed by atoms with van der Waals surface area (Å²) >= 11 is 1.13. The Morgan fingerprint density at radius 1 is 1.35 bits per heavy atom. The fraction of sp³-hybridized carbons (Fsp3) is 0.667. The number of carboxylic acids is 1. The third kappa shape index (κ3) is 2.96. The molecule has 0 bridgehead atoms. The first kappa shape index (κ1) is 14.9. The summed E-state index contributed by atoms with van der Waals surface area (Å²) in [5.41, 5.74) is 0.737. The number of carbonyl (C=O) groups is 2. The van der Waals surface area contributed by atoms with Gasteiger partial charge in [-0.05, 0) is 24.9 Å². The molecule has 0 aromatic carbocycles. The van der Waals surface area contributed by atoms with Crippen LogP contribution in [0, 0.1) is 0 Å². The van der Waals surface area contributed by atoms with E-state index in [4.69, 9.17) is 5.11 Å². The van der Waals surface area contributed by atoms with Gasteiger partial charge in [0.2, 0.25) is 0 Å². The van der Waals surface area contributed by atoms with Crippen LogP contribution in [-0.2, 0) is 11.2 Å². The Balaban J connectivity index is 1.97. The predicted molar refractivity (Wildman–Crippen MR) is 73.9 cm³/mol. The molecule has 1 atom stereocenters. The van der Waals surface area contributed by atoms with Crippen molar-refractivity contribution < 1.29 is 14.7 Å². The molecule has 0 radical (unpaired) electrons. The average Bonchev–Trinajstić information content (AvgIpc) is 2.94. The van der Waals surface area contributed by atoms with Crippen molar-refractivity contribution in [2.24, 2.45) is 0 Å². The van der Waals surface area contributed by atoms with Gasteiger partial charge in [0.05, 0.1) is 5.69 Å². The lowest BCUT2D eigenvalue weighted by Crippen LogP contribution is -2.53. The maximum Gasteiger partial charge on any atom is 0.320 e. The van der Waals surface area contributed by atoms with E-state index in [1.54, 1.807) is 11.8 Å². The fourth-order valence-corrected chi connectivity index (χ4v) is 2.93. The molecule has 7 nitrogen and oxygen atoms in total. The van der Waals surface area contributed by atoms with Crippen LogP contribution >= 0.6 is 11.5 Å². The van der Waals surface area contributed by atoms with Crippen molar-refractivity contribution in [1.82, 2.24) is 19.4 Å². The Bertz CT molecular complexity index is 497. The van der Waals surface area contributed by atoms with Crippen molar-refractivity contribution in [2.45, 2.75) is 26.3 Å². The highest BCUT2D eigenvalue weighted by Crippen LogP contribution is 2.16. The molecule has 1 unspecified atom stereocenters. The summed E-state index contributed by atoms with van der Waals surface area (Å²) in [7, 11) is 0. The van der Waals surface area contributed by atoms with Crippen molar-refractivity contribution in [2.75, 3.05) is 26.2 Å². The van der Waals surface area contributed by atoms with E-state index < -0.39 is 12.0 Å². The molecule has 1 aromatic rings. The molecule has 1 aromatic heterocycles. The molecule has 1 fully saturated rings. The van der Waals surface area contributed by atoms with Crippen LogP contribution in [0.25, 0.3) is 0 Å². The van der Waals surface area contributed by atoms with Gasteiger partial charge in [0.1, 0.15) is 10.9 Å². The summed E-state index contributed by atoms with van der Waals surface area (Å²) in [6, 6.07) is -0.511. The van der Waals surface area contributed by atoms with Crippen LogP contribution in [0.2, 0.25) is 0 Å². The Morgan fingerprint density at radius 2 is 2.00 bits per heavy atom. The first-order valence-electron chi connectivity index (χ1n) is 6.62. The van der Waals surface area contributed by atoms with Gasteiger partial charge in [-0.2, -0.15) is 0 Å². The largest absolute Gasteiger partial charge is 0.480 e. The fourth-order valence-electron chi connectivity index (χ4n) is 2.21. The number of carbonyl (C=O) groups excluding carboxylic acids is 1. The van der Waals surface area contributed by atoms with E-state index in [0.29, 0.717) is 37.5 Å². The monoisotopic (exact) mass is 298 g/mol. The number of piperazine rings is 1. The molecule has 20 heavy (non-hydrogen) atoms. The lowest BCUT2D eigenvalue weighted by atomic mass is 10.2. The maximum absolute atomic E-state index is 12.4. The van der Waals surface area contributed by atoms with E-state index in [-0.39, 0.29) is 5.91 Å². The molecule has 0 saturated carbocycles. The van der Waals surface area contributed by atoms with Crippen LogP contribution in [0.5, 0.6) is 0 Å². The number of nitrogens with zero attached hydrogens (tertiary/aromatic N) is 4. The molecule has 1 aliphatic rings. The summed E-state index contributed by atoms with van der Waals surface area (Å²) in [6.45, 7) is 5.84. The topological polar surface area (TPSA) is 86.6 Å². The van der Waals surface area contributed by atoms with Crippen LogP contribution < -0.4 is 0 Å². The standard InChI is InChI=1S/C12H18N4O3S/c1-3-9-10(20-14-13-9)11(17)16-6-4-15(5-7-16)8(2)12(18)19/h8H,3-7H2,1-2H3,(H,18,19). The van der Waals surface area contributed by atoms with Crippen LogP contribution in [-0.4, -0.2) is 68.6 Å². The van der Waals surface area contributed by atoms with Crippen molar-refractivity contribution in [3.8, 4) is 0 Å². The van der Waals surface area contributed by atoms with E-state index >= 15 is 0 Å². The van der Waals surface area contributed by atoms with Gasteiger partial charge >= 0.3 is 5.97 Å². The number of aliphatic carboxylic acids is 1. The zero-order valence-corrected chi connectivity index (χ0v) is 12.4. The second kappa shape index (κ2) is 6.27. The van der Waals surface area contributed by atoms with Crippen molar-refractivity contribution in [3.63, 3.8) is 0 Å². The number of rotatable bonds is 4.